The van der Waals surface area contributed by atoms with Gasteiger partial charge in [0.15, 0.2) is 0 Å². The second kappa shape index (κ2) is 5.71. The second-order valence-electron chi connectivity index (χ2n) is 4.42. The summed E-state index contributed by atoms with van der Waals surface area (Å²) in [6.45, 7) is 8.95. The van der Waals surface area contributed by atoms with Gasteiger partial charge in [0.1, 0.15) is 0 Å². The smallest absolute Gasteiger partial charge is 0.0380 e. The van der Waals surface area contributed by atoms with Crippen molar-refractivity contribution in [2.45, 2.75) is 26.3 Å². The molecular weight excluding hydrogens is 196 g/mol. The van der Waals surface area contributed by atoms with Crippen LogP contribution in [0.1, 0.15) is 31.9 Å². The molecule has 0 fully saturated rings. The maximum Gasteiger partial charge on any atom is 0.0380 e. The molecule has 1 aromatic rings. The summed E-state index contributed by atoms with van der Waals surface area (Å²) in [5.41, 5.74) is 9.54. The minimum atomic E-state index is 0.153. The van der Waals surface area contributed by atoms with Gasteiger partial charge < -0.3 is 10.6 Å². The Labute approximate surface area is 98.8 Å². The Morgan fingerprint density at radius 3 is 2.38 bits per heavy atom. The molecule has 1 rings (SSSR count). The molecule has 1 aromatic carbocycles. The number of hydrogen-bond acceptors (Lipinski definition) is 2. The van der Waals surface area contributed by atoms with E-state index in [1.54, 1.807) is 0 Å². The van der Waals surface area contributed by atoms with Gasteiger partial charge in [-0.15, -0.1) is 0 Å². The third-order valence-corrected chi connectivity index (χ3v) is 2.71. The van der Waals surface area contributed by atoms with Gasteiger partial charge in [0.2, 0.25) is 0 Å². The Bertz CT molecular complexity index is 340. The predicted octanol–water partition coefficient (Wildman–Crippen LogP) is 3.11. The van der Waals surface area contributed by atoms with E-state index >= 15 is 0 Å². The fraction of sp³-hybridized carbons (Fsp3) is 0.429. The van der Waals surface area contributed by atoms with Crippen molar-refractivity contribution >= 4 is 5.69 Å². The summed E-state index contributed by atoms with van der Waals surface area (Å²) < 4.78 is 0. The van der Waals surface area contributed by atoms with Gasteiger partial charge in [-0.2, -0.15) is 0 Å². The van der Waals surface area contributed by atoms with Crippen LogP contribution >= 0.6 is 0 Å². The average Bonchev–Trinajstić information content (AvgIpc) is 2.27. The van der Waals surface area contributed by atoms with Gasteiger partial charge in [-0.1, -0.05) is 31.2 Å². The molecule has 2 N–H and O–H groups in total. The molecule has 2 heteroatoms. The van der Waals surface area contributed by atoms with Crippen LogP contribution in [-0.4, -0.2) is 13.6 Å². The minimum absolute atomic E-state index is 0.153. The number of anilines is 1. The molecule has 0 aliphatic carbocycles. The Morgan fingerprint density at radius 2 is 1.94 bits per heavy atom. The highest BCUT2D eigenvalue weighted by Gasteiger charge is 2.04. The summed E-state index contributed by atoms with van der Waals surface area (Å²) in [4.78, 5) is 2.18. The van der Waals surface area contributed by atoms with Crippen LogP contribution in [0, 0.1) is 0 Å². The topological polar surface area (TPSA) is 29.3 Å². The highest BCUT2D eigenvalue weighted by Crippen LogP contribution is 2.19. The first-order valence-electron chi connectivity index (χ1n) is 5.75. The first-order valence-corrected chi connectivity index (χ1v) is 5.75. The summed E-state index contributed by atoms with van der Waals surface area (Å²) >= 11 is 0. The predicted molar refractivity (Wildman–Crippen MR) is 71.7 cm³/mol. The van der Waals surface area contributed by atoms with Crippen molar-refractivity contribution in [2.24, 2.45) is 5.73 Å². The minimum Gasteiger partial charge on any atom is -0.371 e. The van der Waals surface area contributed by atoms with E-state index < -0.39 is 0 Å². The molecule has 0 aliphatic rings. The lowest BCUT2D eigenvalue weighted by Crippen LogP contribution is -2.19. The first-order chi connectivity index (χ1) is 7.54. The highest BCUT2D eigenvalue weighted by atomic mass is 15.1. The Hall–Kier alpha value is -1.28. The molecule has 1 atom stereocenters. The summed E-state index contributed by atoms with van der Waals surface area (Å²) in [6, 6.07) is 8.61. The van der Waals surface area contributed by atoms with Crippen molar-refractivity contribution in [1.29, 1.82) is 0 Å². The summed E-state index contributed by atoms with van der Waals surface area (Å²) in [5, 5.41) is 0. The van der Waals surface area contributed by atoms with E-state index in [2.05, 4.69) is 49.7 Å². The molecule has 88 valence electrons. The number of nitrogens with zero attached hydrogens (tertiary/aromatic N) is 1. The third kappa shape index (κ3) is 3.38. The van der Waals surface area contributed by atoms with Gasteiger partial charge in [-0.25, -0.2) is 0 Å². The SMILES string of the molecule is C=C(C)CN(C)c1ccc([C@@H](N)CC)cc1. The van der Waals surface area contributed by atoms with Gasteiger partial charge in [-0.05, 0) is 31.0 Å². The third-order valence-electron chi connectivity index (χ3n) is 2.71. The zero-order chi connectivity index (χ0) is 12.1. The zero-order valence-electron chi connectivity index (χ0n) is 10.5. The normalized spacial score (nSPS) is 12.2. The Morgan fingerprint density at radius 1 is 1.38 bits per heavy atom. The van der Waals surface area contributed by atoms with Gasteiger partial charge in [0.25, 0.3) is 0 Å². The number of likely N-dealkylation sites (N-methyl/N-ethyl adjacent to an activating group) is 1. The van der Waals surface area contributed by atoms with Crippen LogP contribution in [0.25, 0.3) is 0 Å². The van der Waals surface area contributed by atoms with Gasteiger partial charge in [0, 0.05) is 25.3 Å². The fourth-order valence-corrected chi connectivity index (χ4v) is 1.71. The Balaban J connectivity index is 2.74. The van der Waals surface area contributed by atoms with Gasteiger partial charge in [-0.3, -0.25) is 0 Å². The molecule has 0 saturated carbocycles. The monoisotopic (exact) mass is 218 g/mol. The zero-order valence-corrected chi connectivity index (χ0v) is 10.5. The number of benzene rings is 1. The molecular formula is C14H22N2. The van der Waals surface area contributed by atoms with Crippen LogP contribution in [-0.2, 0) is 0 Å². The van der Waals surface area contributed by atoms with Crippen LogP contribution in [0.2, 0.25) is 0 Å². The molecule has 0 heterocycles. The van der Waals surface area contributed by atoms with E-state index in [-0.39, 0.29) is 6.04 Å². The molecule has 0 saturated heterocycles. The highest BCUT2D eigenvalue weighted by molar-refractivity contribution is 5.48. The van der Waals surface area contributed by atoms with E-state index in [4.69, 9.17) is 5.73 Å². The van der Waals surface area contributed by atoms with Gasteiger partial charge >= 0.3 is 0 Å². The van der Waals surface area contributed by atoms with Crippen molar-refractivity contribution in [1.82, 2.24) is 0 Å². The Kier molecular flexibility index (Phi) is 4.56. The van der Waals surface area contributed by atoms with E-state index in [1.165, 1.54) is 11.3 Å². The molecule has 0 amide bonds. The van der Waals surface area contributed by atoms with E-state index in [9.17, 15) is 0 Å². The molecule has 0 aliphatic heterocycles. The maximum atomic E-state index is 5.97. The first kappa shape index (κ1) is 12.8. The summed E-state index contributed by atoms with van der Waals surface area (Å²) in [7, 11) is 2.07. The second-order valence-corrected chi connectivity index (χ2v) is 4.42. The molecule has 0 unspecified atom stereocenters. The molecule has 0 radical (unpaired) electrons. The van der Waals surface area contributed by atoms with E-state index in [1.807, 2.05) is 6.92 Å². The maximum absolute atomic E-state index is 5.97. The average molecular weight is 218 g/mol. The lowest BCUT2D eigenvalue weighted by Gasteiger charge is -2.20. The van der Waals surface area contributed by atoms with E-state index in [0.717, 1.165) is 18.5 Å². The molecule has 2 nitrogen and oxygen atoms in total. The number of hydrogen-bond donors (Lipinski definition) is 1. The van der Waals surface area contributed by atoms with Crippen molar-refractivity contribution in [3.8, 4) is 0 Å². The van der Waals surface area contributed by atoms with Crippen LogP contribution < -0.4 is 10.6 Å². The van der Waals surface area contributed by atoms with Crippen molar-refractivity contribution in [2.75, 3.05) is 18.5 Å². The van der Waals surface area contributed by atoms with Gasteiger partial charge in [0.05, 0.1) is 0 Å². The lowest BCUT2D eigenvalue weighted by atomic mass is 10.1. The molecule has 0 aromatic heterocycles. The van der Waals surface area contributed by atoms with Crippen molar-refractivity contribution in [3.05, 3.63) is 42.0 Å². The van der Waals surface area contributed by atoms with Crippen LogP contribution in [0.3, 0.4) is 0 Å². The largest absolute Gasteiger partial charge is 0.371 e. The molecule has 0 spiro atoms. The summed E-state index contributed by atoms with van der Waals surface area (Å²) in [5.74, 6) is 0. The van der Waals surface area contributed by atoms with E-state index in [0.29, 0.717) is 0 Å². The lowest BCUT2D eigenvalue weighted by molar-refractivity contribution is 0.698. The molecule has 0 bridgehead atoms. The standard InChI is InChI=1S/C14H22N2/c1-5-14(15)12-6-8-13(9-7-12)16(4)10-11(2)3/h6-9,14H,2,5,10,15H2,1,3-4H3/t14-/m0/s1. The fourth-order valence-electron chi connectivity index (χ4n) is 1.71. The van der Waals surface area contributed by atoms with Crippen LogP contribution in [0.4, 0.5) is 5.69 Å². The number of rotatable bonds is 5. The van der Waals surface area contributed by atoms with Crippen molar-refractivity contribution < 1.29 is 0 Å². The van der Waals surface area contributed by atoms with Crippen molar-refractivity contribution in [3.63, 3.8) is 0 Å². The van der Waals surface area contributed by atoms with Crippen LogP contribution in [0.5, 0.6) is 0 Å². The number of nitrogens with two attached hydrogens (primary N) is 1. The van der Waals surface area contributed by atoms with Crippen LogP contribution in [0.15, 0.2) is 36.4 Å². The molecule has 16 heavy (non-hydrogen) atoms. The summed E-state index contributed by atoms with van der Waals surface area (Å²) in [6.07, 6.45) is 0.973. The quantitative estimate of drug-likeness (QED) is 0.769.